The molecule has 3 aliphatic rings. The van der Waals surface area contributed by atoms with Crippen LogP contribution in [-0.2, 0) is 5.41 Å². The number of allylic oxidation sites excluding steroid dienone is 4. The molecule has 0 saturated heterocycles. The number of hydrogen-bond donors (Lipinski definition) is 0. The maximum Gasteiger partial charge on any atom is 0.123 e. The van der Waals surface area contributed by atoms with Crippen molar-refractivity contribution >= 4 is 55.4 Å². The topological polar surface area (TPSA) is 25.8 Å². The van der Waals surface area contributed by atoms with E-state index in [1.54, 1.807) is 22.7 Å². The van der Waals surface area contributed by atoms with Gasteiger partial charge in [0.05, 0.1) is 5.41 Å². The van der Waals surface area contributed by atoms with Gasteiger partial charge in [0.2, 0.25) is 0 Å². The summed E-state index contributed by atoms with van der Waals surface area (Å²) < 4.78 is 0. The molecule has 0 N–H and O–H groups in total. The van der Waals surface area contributed by atoms with Gasteiger partial charge in [0, 0.05) is 28.7 Å². The van der Waals surface area contributed by atoms with Gasteiger partial charge in [0.15, 0.2) is 0 Å². The van der Waals surface area contributed by atoms with Crippen LogP contribution < -0.4 is 0 Å². The zero-order valence-electron chi connectivity index (χ0n) is 30.7. The highest BCUT2D eigenvalue weighted by molar-refractivity contribution is 7.13. The third kappa shape index (κ3) is 4.43. The molecular weight excluding hydrogens is 717 g/mol. The van der Waals surface area contributed by atoms with Crippen LogP contribution in [0.4, 0.5) is 0 Å². The van der Waals surface area contributed by atoms with Crippen molar-refractivity contribution in [3.05, 3.63) is 202 Å². The molecule has 12 rings (SSSR count). The predicted octanol–water partition coefficient (Wildman–Crippen LogP) is 14.1. The third-order valence-corrected chi connectivity index (χ3v) is 14.0. The minimum atomic E-state index is -0.523. The van der Waals surface area contributed by atoms with Gasteiger partial charge in [0.1, 0.15) is 10.0 Å². The van der Waals surface area contributed by atoms with Crippen molar-refractivity contribution in [1.82, 2.24) is 9.97 Å². The van der Waals surface area contributed by atoms with E-state index in [1.807, 2.05) is 12.4 Å². The summed E-state index contributed by atoms with van der Waals surface area (Å²) in [6, 6.07) is 50.6. The molecule has 0 bridgehead atoms. The lowest BCUT2D eigenvalue weighted by atomic mass is 9.69. The van der Waals surface area contributed by atoms with Gasteiger partial charge >= 0.3 is 0 Å². The molecule has 9 aromatic rings. The minimum absolute atomic E-state index is 0.395. The molecule has 2 heterocycles. The van der Waals surface area contributed by atoms with Crippen molar-refractivity contribution in [1.29, 1.82) is 0 Å². The van der Waals surface area contributed by atoms with E-state index in [0.717, 1.165) is 22.0 Å². The number of thiazole rings is 2. The monoisotopic (exact) mass is 750 g/mol. The van der Waals surface area contributed by atoms with E-state index in [0.29, 0.717) is 5.92 Å². The Hall–Kier alpha value is -6.20. The first-order chi connectivity index (χ1) is 27.7. The van der Waals surface area contributed by atoms with Crippen molar-refractivity contribution in [3.63, 3.8) is 0 Å². The first-order valence-corrected chi connectivity index (χ1v) is 21.1. The molecule has 0 radical (unpaired) electrons. The van der Waals surface area contributed by atoms with Crippen LogP contribution in [0.15, 0.2) is 169 Å². The normalized spacial score (nSPS) is 16.1. The van der Waals surface area contributed by atoms with Gasteiger partial charge in [-0.1, -0.05) is 128 Å². The molecule has 2 aromatic heterocycles. The summed E-state index contributed by atoms with van der Waals surface area (Å²) in [5, 5.41) is 11.4. The van der Waals surface area contributed by atoms with E-state index in [2.05, 4.69) is 168 Å². The minimum Gasteiger partial charge on any atom is -0.245 e. The predicted molar refractivity (Wildman–Crippen MR) is 236 cm³/mol. The quantitative estimate of drug-likeness (QED) is 0.179. The van der Waals surface area contributed by atoms with E-state index in [4.69, 9.17) is 4.98 Å². The zero-order chi connectivity index (χ0) is 37.0. The fourth-order valence-corrected chi connectivity index (χ4v) is 11.5. The van der Waals surface area contributed by atoms with Crippen molar-refractivity contribution in [2.75, 3.05) is 0 Å². The summed E-state index contributed by atoms with van der Waals surface area (Å²) in [5.41, 5.74) is 17.7. The van der Waals surface area contributed by atoms with Gasteiger partial charge in [-0.25, -0.2) is 9.97 Å². The Balaban J connectivity index is 1.23. The number of hydrogen-bond acceptors (Lipinski definition) is 4. The average Bonchev–Trinajstić information content (AvgIpc) is 4.08. The van der Waals surface area contributed by atoms with Crippen molar-refractivity contribution in [3.8, 4) is 44.0 Å². The van der Waals surface area contributed by atoms with Crippen LogP contribution in [0.25, 0.3) is 76.6 Å². The second-order valence-corrected chi connectivity index (χ2v) is 17.1. The first-order valence-electron chi connectivity index (χ1n) is 19.3. The third-order valence-electron chi connectivity index (χ3n) is 12.3. The summed E-state index contributed by atoms with van der Waals surface area (Å²) in [6.07, 6.45) is 9.72. The molecule has 2 nitrogen and oxygen atoms in total. The van der Waals surface area contributed by atoms with Gasteiger partial charge in [-0.3, -0.25) is 0 Å². The van der Waals surface area contributed by atoms with E-state index in [-0.39, 0.29) is 0 Å². The standard InChI is InChI=1S/C52H34N2S2/c1-31-25-34(28-35(26-31)51-54-22-24-56-51)43-30-47-49(41-18-5-3-14-37(41)43)48-40-17-4-2-13-36(40)42(32-11-10-12-33(27-32)50-53-21-23-55-50)29-46(48)52(47)44-19-8-6-15-38(44)39-16-7-9-20-45(39)52/h2-25,27-31H,26H2,1H3. The maximum atomic E-state index is 4.76. The van der Waals surface area contributed by atoms with Gasteiger partial charge in [-0.05, 0) is 131 Å². The molecule has 7 aromatic carbocycles. The Morgan fingerprint density at radius 2 is 1.07 bits per heavy atom. The molecule has 0 amide bonds. The molecule has 1 unspecified atom stereocenters. The highest BCUT2D eigenvalue weighted by atomic mass is 32.1. The molecule has 0 fully saturated rings. The Bertz CT molecular complexity index is 3080. The maximum absolute atomic E-state index is 4.76. The smallest absolute Gasteiger partial charge is 0.123 e. The Labute approximate surface area is 333 Å². The summed E-state index contributed by atoms with van der Waals surface area (Å²) in [6.45, 7) is 2.34. The second kappa shape index (κ2) is 12.1. The number of fused-ring (bicyclic) bond motifs is 14. The number of aromatic nitrogens is 2. The van der Waals surface area contributed by atoms with Crippen LogP contribution >= 0.6 is 22.7 Å². The molecule has 1 spiro atoms. The molecule has 56 heavy (non-hydrogen) atoms. The Morgan fingerprint density at radius 1 is 0.518 bits per heavy atom. The van der Waals surface area contributed by atoms with Crippen molar-refractivity contribution in [2.24, 2.45) is 5.92 Å². The van der Waals surface area contributed by atoms with Gasteiger partial charge in [-0.2, -0.15) is 0 Å². The Morgan fingerprint density at radius 3 is 1.71 bits per heavy atom. The van der Waals surface area contributed by atoms with Crippen molar-refractivity contribution in [2.45, 2.75) is 18.8 Å². The molecule has 4 heteroatoms. The van der Waals surface area contributed by atoms with Gasteiger partial charge in [-0.15, -0.1) is 22.7 Å². The summed E-state index contributed by atoms with van der Waals surface area (Å²) >= 11 is 3.42. The van der Waals surface area contributed by atoms with Crippen LogP contribution in [0, 0.1) is 5.92 Å². The van der Waals surface area contributed by atoms with Crippen molar-refractivity contribution < 1.29 is 0 Å². The molecule has 3 aliphatic carbocycles. The molecule has 0 aliphatic heterocycles. The van der Waals surface area contributed by atoms with E-state index >= 15 is 0 Å². The first kappa shape index (κ1) is 32.1. The fraction of sp³-hybridized carbons (Fsp3) is 0.0769. The van der Waals surface area contributed by atoms with Crippen LogP contribution in [0.3, 0.4) is 0 Å². The zero-order valence-corrected chi connectivity index (χ0v) is 32.3. The Kier molecular flexibility index (Phi) is 6.96. The number of rotatable bonds is 4. The largest absolute Gasteiger partial charge is 0.245 e. The van der Waals surface area contributed by atoms with E-state index < -0.39 is 5.41 Å². The summed E-state index contributed by atoms with van der Waals surface area (Å²) in [7, 11) is 0. The van der Waals surface area contributed by atoms with Gasteiger partial charge in [0.25, 0.3) is 0 Å². The molecule has 264 valence electrons. The van der Waals surface area contributed by atoms with E-state index in [9.17, 15) is 0 Å². The highest BCUT2D eigenvalue weighted by Gasteiger charge is 2.53. The lowest BCUT2D eigenvalue weighted by Gasteiger charge is -2.32. The molecule has 0 saturated carbocycles. The fourth-order valence-electron chi connectivity index (χ4n) is 10.2. The lowest BCUT2D eigenvalue weighted by Crippen LogP contribution is -2.26. The number of benzene rings is 7. The SMILES string of the molecule is CC1C=C(c2cc3c(c4ccccc24)-c2c(cc(-c4cccc(-c5nccs5)c4)c4ccccc24)C32c3ccccc3-c3ccccc32)C=C(c2nccs2)C1. The van der Waals surface area contributed by atoms with Gasteiger partial charge < -0.3 is 0 Å². The molecular formula is C52H34N2S2. The van der Waals surface area contributed by atoms with Crippen LogP contribution in [-0.4, -0.2) is 9.97 Å². The second-order valence-electron chi connectivity index (χ2n) is 15.4. The summed E-state index contributed by atoms with van der Waals surface area (Å²) in [4.78, 5) is 9.44. The highest BCUT2D eigenvalue weighted by Crippen LogP contribution is 2.66. The average molecular weight is 751 g/mol. The van der Waals surface area contributed by atoms with Crippen LogP contribution in [0.5, 0.6) is 0 Å². The summed E-state index contributed by atoms with van der Waals surface area (Å²) in [5.74, 6) is 0.395. The molecule has 1 atom stereocenters. The van der Waals surface area contributed by atoms with Crippen LogP contribution in [0.2, 0.25) is 0 Å². The van der Waals surface area contributed by atoms with Crippen LogP contribution in [0.1, 0.15) is 46.2 Å². The lowest BCUT2D eigenvalue weighted by molar-refractivity contribution is 0.751. The van der Waals surface area contributed by atoms with E-state index in [1.165, 1.54) is 93.9 Å². The number of nitrogens with zero attached hydrogens (tertiary/aromatic N) is 2.